The van der Waals surface area contributed by atoms with E-state index in [1.54, 1.807) is 0 Å². The average Bonchev–Trinajstić information content (AvgIpc) is 3.52. The molecule has 0 aliphatic carbocycles. The van der Waals surface area contributed by atoms with Crippen LogP contribution in [-0.2, 0) is 0 Å². The molecule has 2 aromatic heterocycles. The summed E-state index contributed by atoms with van der Waals surface area (Å²) in [4.78, 5) is 14.5. The van der Waals surface area contributed by atoms with Crippen LogP contribution in [0.5, 0.6) is 0 Å². The first kappa shape index (κ1) is 26.7. The Morgan fingerprint density at radius 1 is 0.721 bits per heavy atom. The third-order valence-corrected chi connectivity index (χ3v) is 8.07. The van der Waals surface area contributed by atoms with Crippen LogP contribution in [0.25, 0.3) is 45.0 Å². The van der Waals surface area contributed by atoms with Crippen molar-refractivity contribution in [3.05, 3.63) is 145 Å². The van der Waals surface area contributed by atoms with Gasteiger partial charge in [0.15, 0.2) is 11.6 Å². The van der Waals surface area contributed by atoms with Crippen molar-refractivity contribution in [3.8, 4) is 16.9 Å². The molecule has 210 valence electrons. The quantitative estimate of drug-likeness (QED) is 0.169. The number of fused-ring (bicyclic) bond motifs is 3. The van der Waals surface area contributed by atoms with Crippen molar-refractivity contribution < 1.29 is 0 Å². The van der Waals surface area contributed by atoms with Crippen molar-refractivity contribution in [2.24, 2.45) is 0 Å². The van der Waals surface area contributed by atoms with Gasteiger partial charge in [-0.15, -0.1) is 13.2 Å². The van der Waals surface area contributed by atoms with Crippen LogP contribution in [0.1, 0.15) is 5.56 Å². The van der Waals surface area contributed by atoms with E-state index in [9.17, 15) is 0 Å². The first-order valence-corrected chi connectivity index (χ1v) is 14.7. The molecule has 6 aromatic rings. The van der Waals surface area contributed by atoms with Crippen LogP contribution in [0.3, 0.4) is 0 Å². The summed E-state index contributed by atoms with van der Waals surface area (Å²) < 4.78 is 2.36. The molecule has 7 rings (SSSR count). The summed E-state index contributed by atoms with van der Waals surface area (Å²) in [5.41, 5.74) is 7.27. The van der Waals surface area contributed by atoms with E-state index < -0.39 is 0 Å². The lowest BCUT2D eigenvalue weighted by Crippen LogP contribution is -2.42. The molecule has 0 amide bonds. The van der Waals surface area contributed by atoms with Gasteiger partial charge in [0.2, 0.25) is 0 Å². The number of nitrogens with zero attached hydrogens (tertiary/aromatic N) is 5. The van der Waals surface area contributed by atoms with Gasteiger partial charge in [-0.1, -0.05) is 96.6 Å². The van der Waals surface area contributed by atoms with Crippen molar-refractivity contribution in [2.75, 3.05) is 22.9 Å². The maximum atomic E-state index is 6.32. The number of hydrogen-bond acceptors (Lipinski definition) is 4. The number of anilines is 2. The Kier molecular flexibility index (Phi) is 7.01. The highest BCUT2D eigenvalue weighted by atomic mass is 35.5. The molecule has 1 unspecified atom stereocenters. The molecule has 1 aliphatic heterocycles. The van der Waals surface area contributed by atoms with E-state index in [1.165, 1.54) is 5.39 Å². The van der Waals surface area contributed by atoms with Gasteiger partial charge in [0.1, 0.15) is 6.17 Å². The van der Waals surface area contributed by atoms with Gasteiger partial charge < -0.3 is 14.4 Å². The van der Waals surface area contributed by atoms with Crippen LogP contribution in [-0.4, -0.2) is 33.8 Å². The van der Waals surface area contributed by atoms with E-state index in [0.717, 1.165) is 50.7 Å². The number of benzene rings is 4. The predicted molar refractivity (Wildman–Crippen MR) is 181 cm³/mol. The molecule has 0 N–H and O–H groups in total. The van der Waals surface area contributed by atoms with Crippen LogP contribution in [0.4, 0.5) is 11.6 Å². The zero-order valence-electron chi connectivity index (χ0n) is 23.6. The van der Waals surface area contributed by atoms with Crippen molar-refractivity contribution in [3.63, 3.8) is 0 Å². The fourth-order valence-electron chi connectivity index (χ4n) is 6.03. The number of rotatable bonds is 8. The Hall–Kier alpha value is -5.13. The van der Waals surface area contributed by atoms with E-state index in [1.807, 2.05) is 30.4 Å². The van der Waals surface area contributed by atoms with Crippen LogP contribution in [0, 0.1) is 0 Å². The van der Waals surface area contributed by atoms with E-state index in [0.29, 0.717) is 18.1 Å². The van der Waals surface area contributed by atoms with E-state index >= 15 is 0 Å². The largest absolute Gasteiger partial charge is 0.326 e. The van der Waals surface area contributed by atoms with Crippen molar-refractivity contribution in [2.45, 2.75) is 6.17 Å². The third kappa shape index (κ3) is 4.68. The van der Waals surface area contributed by atoms with Gasteiger partial charge in [-0.25, -0.2) is 9.97 Å². The Balaban J connectivity index is 1.43. The normalized spacial score (nSPS) is 14.6. The molecule has 0 spiro atoms. The fourth-order valence-corrected chi connectivity index (χ4v) is 6.20. The van der Waals surface area contributed by atoms with Crippen molar-refractivity contribution in [1.29, 1.82) is 0 Å². The van der Waals surface area contributed by atoms with Crippen LogP contribution >= 0.6 is 11.6 Å². The molecule has 3 heterocycles. The topological polar surface area (TPSA) is 37.2 Å². The summed E-state index contributed by atoms with van der Waals surface area (Å²) in [5.74, 6) is 1.63. The summed E-state index contributed by atoms with van der Waals surface area (Å²) in [5, 5.41) is 1.82. The monoisotopic (exact) mass is 579 g/mol. The third-order valence-electron chi connectivity index (χ3n) is 7.84. The van der Waals surface area contributed by atoms with E-state index in [4.69, 9.17) is 21.6 Å². The van der Waals surface area contributed by atoms with E-state index in [2.05, 4.69) is 125 Å². The van der Waals surface area contributed by atoms with Gasteiger partial charge in [-0.05, 0) is 48.0 Å². The zero-order valence-corrected chi connectivity index (χ0v) is 24.4. The standard InChI is InChI=1S/C37H30ClN5/c1-3-23-41-34(42(24-4-2)37-36(41)39-31-21-19-27(38)25-32(31)40-37)22-20-30-29-17-11-12-18-33(29)43(28-15-9-6-10-16-28)35(30)26-13-7-5-8-14-26/h3-22,25,34H,1-2,23-24H2/b22-20+. The maximum absolute atomic E-state index is 6.32. The Bertz CT molecular complexity index is 1990. The van der Waals surface area contributed by atoms with Gasteiger partial charge in [-0.2, -0.15) is 0 Å². The summed E-state index contributed by atoms with van der Waals surface area (Å²) in [6.07, 6.45) is 8.16. The predicted octanol–water partition coefficient (Wildman–Crippen LogP) is 8.93. The number of halogens is 1. The highest BCUT2D eigenvalue weighted by molar-refractivity contribution is 6.31. The minimum atomic E-state index is -0.152. The van der Waals surface area contributed by atoms with Gasteiger partial charge in [-0.3, -0.25) is 0 Å². The van der Waals surface area contributed by atoms with Gasteiger partial charge in [0.05, 0.1) is 22.2 Å². The van der Waals surface area contributed by atoms with Gasteiger partial charge >= 0.3 is 0 Å². The number of para-hydroxylation sites is 2. The molecule has 1 aliphatic rings. The molecule has 0 fully saturated rings. The molecule has 5 nitrogen and oxygen atoms in total. The molecule has 0 radical (unpaired) electrons. The Morgan fingerprint density at radius 2 is 1.35 bits per heavy atom. The Labute approximate surface area is 256 Å². The highest BCUT2D eigenvalue weighted by Crippen LogP contribution is 2.41. The van der Waals surface area contributed by atoms with Crippen molar-refractivity contribution >= 4 is 51.2 Å². The lowest BCUT2D eigenvalue weighted by Gasteiger charge is -2.28. The summed E-state index contributed by atoms with van der Waals surface area (Å²) in [6, 6.07) is 35.4. The fraction of sp³-hybridized carbons (Fsp3) is 0.0811. The molecule has 43 heavy (non-hydrogen) atoms. The molecule has 1 atom stereocenters. The van der Waals surface area contributed by atoms with Gasteiger partial charge in [0, 0.05) is 34.7 Å². The summed E-state index contributed by atoms with van der Waals surface area (Å²) in [6.45, 7) is 9.32. The lowest BCUT2D eigenvalue weighted by atomic mass is 10.0. The minimum Gasteiger partial charge on any atom is -0.326 e. The smallest absolute Gasteiger partial charge is 0.174 e. The highest BCUT2D eigenvalue weighted by Gasteiger charge is 2.36. The molecule has 6 heteroatoms. The summed E-state index contributed by atoms with van der Waals surface area (Å²) >= 11 is 6.32. The van der Waals surface area contributed by atoms with Crippen LogP contribution in [0.2, 0.25) is 5.02 Å². The maximum Gasteiger partial charge on any atom is 0.174 e. The second kappa shape index (κ2) is 11.3. The summed E-state index contributed by atoms with van der Waals surface area (Å²) in [7, 11) is 0. The van der Waals surface area contributed by atoms with Crippen LogP contribution < -0.4 is 9.80 Å². The molecule has 0 saturated carbocycles. The van der Waals surface area contributed by atoms with Crippen LogP contribution in [0.15, 0.2) is 135 Å². The van der Waals surface area contributed by atoms with Gasteiger partial charge in [0.25, 0.3) is 0 Å². The molecule has 0 saturated heterocycles. The molecular weight excluding hydrogens is 550 g/mol. The van der Waals surface area contributed by atoms with E-state index in [-0.39, 0.29) is 6.17 Å². The zero-order chi connectivity index (χ0) is 29.3. The first-order chi connectivity index (χ1) is 21.2. The second-order valence-electron chi connectivity index (χ2n) is 10.5. The lowest BCUT2D eigenvalue weighted by molar-refractivity contribution is 0.719. The second-order valence-corrected chi connectivity index (χ2v) is 10.9. The average molecular weight is 580 g/mol. The molecule has 0 bridgehead atoms. The van der Waals surface area contributed by atoms with Crippen molar-refractivity contribution in [1.82, 2.24) is 14.5 Å². The SMILES string of the molecule is C=CCN1c2nc3ccc(Cl)cc3nc2N(CC=C)C1/C=C/c1c(-c2ccccc2)n(-c2ccccc2)c2ccccc12. The Morgan fingerprint density at radius 3 is 2.05 bits per heavy atom. The molecule has 4 aromatic carbocycles. The minimum absolute atomic E-state index is 0.152. The first-order valence-electron chi connectivity index (χ1n) is 14.3. The number of aromatic nitrogens is 3. The number of hydrogen-bond donors (Lipinski definition) is 0. The molecular formula is C37H30ClN5.